The molecule has 0 aliphatic carbocycles. The summed E-state index contributed by atoms with van der Waals surface area (Å²) >= 11 is 0. The fourth-order valence-corrected chi connectivity index (χ4v) is 3.41. The predicted octanol–water partition coefficient (Wildman–Crippen LogP) is 1.32. The van der Waals surface area contributed by atoms with Crippen molar-refractivity contribution in [1.82, 2.24) is 20.5 Å². The van der Waals surface area contributed by atoms with E-state index in [1.165, 1.54) is 0 Å². The highest BCUT2D eigenvalue weighted by Gasteiger charge is 2.29. The Labute approximate surface area is 142 Å². The first kappa shape index (κ1) is 17.4. The lowest BCUT2D eigenvalue weighted by molar-refractivity contribution is -0.123. The summed E-state index contributed by atoms with van der Waals surface area (Å²) < 4.78 is 18.8. The van der Waals surface area contributed by atoms with Crippen molar-refractivity contribution in [3.8, 4) is 0 Å². The van der Waals surface area contributed by atoms with Gasteiger partial charge < -0.3 is 15.1 Å². The van der Waals surface area contributed by atoms with Gasteiger partial charge in [0.05, 0.1) is 18.3 Å². The third-order valence-electron chi connectivity index (χ3n) is 5.10. The molecule has 24 heavy (non-hydrogen) atoms. The van der Waals surface area contributed by atoms with Gasteiger partial charge in [-0.1, -0.05) is 0 Å². The molecular formula is C17H27FN4O2. The van der Waals surface area contributed by atoms with Gasteiger partial charge in [0, 0.05) is 19.5 Å². The quantitative estimate of drug-likeness (QED) is 0.847. The van der Waals surface area contributed by atoms with Gasteiger partial charge in [-0.05, 0) is 45.7 Å². The largest absolute Gasteiger partial charge is 0.444 e. The van der Waals surface area contributed by atoms with Crippen LogP contribution in [-0.4, -0.2) is 54.2 Å². The maximum atomic E-state index is 13.1. The van der Waals surface area contributed by atoms with E-state index in [0.29, 0.717) is 18.9 Å². The zero-order valence-corrected chi connectivity index (χ0v) is 14.5. The fourth-order valence-electron chi connectivity index (χ4n) is 3.41. The van der Waals surface area contributed by atoms with Gasteiger partial charge >= 0.3 is 0 Å². The summed E-state index contributed by atoms with van der Waals surface area (Å²) in [6.07, 6.45) is 1.48. The van der Waals surface area contributed by atoms with Gasteiger partial charge in [-0.25, -0.2) is 9.37 Å². The second-order valence-corrected chi connectivity index (χ2v) is 7.01. The average molecular weight is 338 g/mol. The molecule has 134 valence electrons. The zero-order valence-electron chi connectivity index (χ0n) is 14.5. The Morgan fingerprint density at radius 3 is 2.75 bits per heavy atom. The molecule has 1 amide bonds. The molecule has 0 unspecified atom stereocenters. The predicted molar refractivity (Wildman–Crippen MR) is 88.3 cm³/mol. The molecule has 2 atom stereocenters. The SMILES string of the molecule is Cc1nc(CN2CCC(CNC(=O)[C@H]3C[C@H](F)CN3)CC2)oc1C. The maximum Gasteiger partial charge on any atom is 0.237 e. The number of carbonyl (C=O) groups excluding carboxylic acids is 1. The molecule has 0 saturated carbocycles. The van der Waals surface area contributed by atoms with Gasteiger partial charge in [-0.15, -0.1) is 0 Å². The summed E-state index contributed by atoms with van der Waals surface area (Å²) in [6.45, 7) is 7.57. The van der Waals surface area contributed by atoms with Crippen molar-refractivity contribution in [1.29, 1.82) is 0 Å². The molecule has 2 fully saturated rings. The molecule has 0 bridgehead atoms. The van der Waals surface area contributed by atoms with E-state index in [1.807, 2.05) is 13.8 Å². The Hall–Kier alpha value is -1.47. The molecule has 2 saturated heterocycles. The standard InChI is InChI=1S/C17H27FN4O2/c1-11-12(2)24-16(21-11)10-22-5-3-13(4-6-22)8-20-17(23)15-7-14(18)9-19-15/h13-15,19H,3-10H2,1-2H3,(H,20,23)/t14-,15+/m0/s1. The number of rotatable bonds is 5. The van der Waals surface area contributed by atoms with Crippen molar-refractivity contribution in [2.24, 2.45) is 5.92 Å². The summed E-state index contributed by atoms with van der Waals surface area (Å²) in [4.78, 5) is 18.8. The number of aromatic nitrogens is 1. The zero-order chi connectivity index (χ0) is 17.1. The minimum Gasteiger partial charge on any atom is -0.444 e. The average Bonchev–Trinajstić information content (AvgIpc) is 3.12. The Kier molecular flexibility index (Phi) is 5.50. The minimum atomic E-state index is -0.897. The number of nitrogens with one attached hydrogen (secondary N) is 2. The number of piperidine rings is 1. The molecule has 2 aliphatic heterocycles. The van der Waals surface area contributed by atoms with Crippen LogP contribution in [-0.2, 0) is 11.3 Å². The van der Waals surface area contributed by atoms with E-state index in [0.717, 1.165) is 49.8 Å². The number of amides is 1. The van der Waals surface area contributed by atoms with Crippen LogP contribution in [0.25, 0.3) is 0 Å². The van der Waals surface area contributed by atoms with E-state index in [1.54, 1.807) is 0 Å². The van der Waals surface area contributed by atoms with Gasteiger partial charge in [-0.2, -0.15) is 0 Å². The Balaban J connectivity index is 1.37. The van der Waals surface area contributed by atoms with E-state index in [9.17, 15) is 9.18 Å². The van der Waals surface area contributed by atoms with Crippen molar-refractivity contribution in [3.63, 3.8) is 0 Å². The van der Waals surface area contributed by atoms with E-state index in [2.05, 4.69) is 20.5 Å². The summed E-state index contributed by atoms with van der Waals surface area (Å²) in [7, 11) is 0. The van der Waals surface area contributed by atoms with Crippen LogP contribution in [0.2, 0.25) is 0 Å². The molecular weight excluding hydrogens is 311 g/mol. The van der Waals surface area contributed by atoms with E-state index in [-0.39, 0.29) is 18.5 Å². The Morgan fingerprint density at radius 1 is 1.42 bits per heavy atom. The summed E-state index contributed by atoms with van der Waals surface area (Å²) in [5.74, 6) is 2.09. The van der Waals surface area contributed by atoms with Crippen LogP contribution in [0.1, 0.15) is 36.6 Å². The molecule has 0 aromatic carbocycles. The topological polar surface area (TPSA) is 70.4 Å². The van der Waals surface area contributed by atoms with Gasteiger partial charge in [0.1, 0.15) is 11.9 Å². The highest BCUT2D eigenvalue weighted by Crippen LogP contribution is 2.19. The highest BCUT2D eigenvalue weighted by atomic mass is 19.1. The number of hydrogen-bond acceptors (Lipinski definition) is 5. The van der Waals surface area contributed by atoms with Crippen LogP contribution >= 0.6 is 0 Å². The van der Waals surface area contributed by atoms with E-state index < -0.39 is 6.17 Å². The number of carbonyl (C=O) groups is 1. The van der Waals surface area contributed by atoms with Crippen molar-refractivity contribution in [2.45, 2.75) is 51.9 Å². The van der Waals surface area contributed by atoms with Crippen LogP contribution < -0.4 is 10.6 Å². The lowest BCUT2D eigenvalue weighted by Crippen LogP contribution is -2.44. The Bertz CT molecular complexity index is 549. The summed E-state index contributed by atoms with van der Waals surface area (Å²) in [5, 5.41) is 5.89. The van der Waals surface area contributed by atoms with Gasteiger partial charge in [0.25, 0.3) is 0 Å². The minimum absolute atomic E-state index is 0.0664. The molecule has 6 nitrogen and oxygen atoms in total. The smallest absolute Gasteiger partial charge is 0.237 e. The molecule has 0 radical (unpaired) electrons. The van der Waals surface area contributed by atoms with Crippen LogP contribution in [0, 0.1) is 19.8 Å². The second kappa shape index (κ2) is 7.61. The number of hydrogen-bond donors (Lipinski definition) is 2. The molecule has 3 heterocycles. The third kappa shape index (κ3) is 4.33. The van der Waals surface area contributed by atoms with Crippen LogP contribution in [0.5, 0.6) is 0 Å². The molecule has 7 heteroatoms. The van der Waals surface area contributed by atoms with Gasteiger partial charge in [0.15, 0.2) is 0 Å². The number of nitrogens with zero attached hydrogens (tertiary/aromatic N) is 2. The van der Waals surface area contributed by atoms with Crippen molar-refractivity contribution >= 4 is 5.91 Å². The molecule has 2 aliphatic rings. The monoisotopic (exact) mass is 338 g/mol. The fraction of sp³-hybridized carbons (Fsp3) is 0.765. The normalized spacial score (nSPS) is 26.0. The van der Waals surface area contributed by atoms with E-state index >= 15 is 0 Å². The van der Waals surface area contributed by atoms with Crippen molar-refractivity contribution in [2.75, 3.05) is 26.2 Å². The van der Waals surface area contributed by atoms with Crippen molar-refractivity contribution in [3.05, 3.63) is 17.3 Å². The third-order valence-corrected chi connectivity index (χ3v) is 5.10. The number of oxazole rings is 1. The lowest BCUT2D eigenvalue weighted by Gasteiger charge is -2.31. The number of aryl methyl sites for hydroxylation is 2. The first-order valence-electron chi connectivity index (χ1n) is 8.81. The second-order valence-electron chi connectivity index (χ2n) is 7.01. The molecule has 2 N–H and O–H groups in total. The molecule has 1 aromatic rings. The van der Waals surface area contributed by atoms with Gasteiger partial charge in [0.2, 0.25) is 11.8 Å². The number of halogens is 1. The lowest BCUT2D eigenvalue weighted by atomic mass is 9.96. The van der Waals surface area contributed by atoms with Crippen LogP contribution in [0.15, 0.2) is 4.42 Å². The number of alkyl halides is 1. The summed E-state index contributed by atoms with van der Waals surface area (Å²) in [5.41, 5.74) is 0.957. The highest BCUT2D eigenvalue weighted by molar-refractivity contribution is 5.82. The van der Waals surface area contributed by atoms with Gasteiger partial charge in [-0.3, -0.25) is 9.69 Å². The maximum absolute atomic E-state index is 13.1. The summed E-state index contributed by atoms with van der Waals surface area (Å²) in [6, 6.07) is -0.364. The van der Waals surface area contributed by atoms with Crippen molar-refractivity contribution < 1.29 is 13.6 Å². The van der Waals surface area contributed by atoms with Crippen LogP contribution in [0.4, 0.5) is 4.39 Å². The van der Waals surface area contributed by atoms with E-state index in [4.69, 9.17) is 4.42 Å². The first-order chi connectivity index (χ1) is 11.5. The molecule has 0 spiro atoms. The van der Waals surface area contributed by atoms with Crippen LogP contribution in [0.3, 0.4) is 0 Å². The first-order valence-corrected chi connectivity index (χ1v) is 8.81. The Morgan fingerprint density at radius 2 is 2.17 bits per heavy atom. The molecule has 3 rings (SSSR count). The molecule has 1 aromatic heterocycles. The number of likely N-dealkylation sites (tertiary alicyclic amines) is 1.